The van der Waals surface area contributed by atoms with Crippen molar-refractivity contribution in [3.05, 3.63) is 40.8 Å². The topological polar surface area (TPSA) is 56.7 Å². The van der Waals surface area contributed by atoms with Crippen molar-refractivity contribution in [3.63, 3.8) is 0 Å². The van der Waals surface area contributed by atoms with E-state index in [2.05, 4.69) is 10.2 Å². The maximum absolute atomic E-state index is 13.1. The molecule has 0 amide bonds. The first-order valence-corrected chi connectivity index (χ1v) is 4.63. The summed E-state index contributed by atoms with van der Waals surface area (Å²) in [6, 6.07) is 4.60. The van der Waals surface area contributed by atoms with Crippen LogP contribution in [0.1, 0.15) is 5.56 Å². The number of rotatable bonds is 2. The minimum atomic E-state index is -0.450. The second-order valence-electron chi connectivity index (χ2n) is 3.01. The van der Waals surface area contributed by atoms with Crippen LogP contribution in [-0.2, 0) is 6.54 Å². The van der Waals surface area contributed by atoms with E-state index in [-0.39, 0.29) is 5.02 Å². The summed E-state index contributed by atoms with van der Waals surface area (Å²) < 4.78 is 13.1. The smallest absolute Gasteiger partial charge is 0.165 e. The normalized spacial score (nSPS) is 10.5. The molecule has 6 heteroatoms. The second-order valence-corrected chi connectivity index (χ2v) is 3.39. The van der Waals surface area contributed by atoms with Gasteiger partial charge in [-0.15, -0.1) is 5.10 Å². The molecule has 0 aliphatic heterocycles. The van der Waals surface area contributed by atoms with Crippen LogP contribution >= 0.6 is 11.6 Å². The van der Waals surface area contributed by atoms with Crippen LogP contribution in [0.5, 0.6) is 0 Å². The van der Waals surface area contributed by atoms with Crippen LogP contribution in [0.4, 0.5) is 10.2 Å². The summed E-state index contributed by atoms with van der Waals surface area (Å²) in [4.78, 5) is 1.36. The summed E-state index contributed by atoms with van der Waals surface area (Å²) in [6.07, 6.45) is 1.42. The third-order valence-electron chi connectivity index (χ3n) is 1.90. The Morgan fingerprint density at radius 2 is 2.27 bits per heavy atom. The fourth-order valence-corrected chi connectivity index (χ4v) is 1.40. The van der Waals surface area contributed by atoms with E-state index in [0.29, 0.717) is 17.9 Å². The molecule has 0 radical (unpaired) electrons. The molecule has 2 N–H and O–H groups in total. The predicted octanol–water partition coefficient (Wildman–Crippen LogP) is 1.70. The van der Waals surface area contributed by atoms with Crippen LogP contribution < -0.4 is 5.73 Å². The number of hydrogen-bond acceptors (Lipinski definition) is 3. The molecule has 0 spiro atoms. The van der Waals surface area contributed by atoms with Crippen molar-refractivity contribution in [1.29, 1.82) is 0 Å². The van der Waals surface area contributed by atoms with Gasteiger partial charge in [0.05, 0.1) is 17.8 Å². The molecule has 0 fully saturated rings. The van der Waals surface area contributed by atoms with Crippen molar-refractivity contribution < 1.29 is 4.39 Å². The van der Waals surface area contributed by atoms with Crippen LogP contribution in [0.3, 0.4) is 0 Å². The zero-order valence-corrected chi connectivity index (χ0v) is 8.45. The third-order valence-corrected chi connectivity index (χ3v) is 2.32. The molecular formula is C9H8ClFN4. The summed E-state index contributed by atoms with van der Waals surface area (Å²) in [7, 11) is 0. The molecule has 2 rings (SSSR count). The summed E-state index contributed by atoms with van der Waals surface area (Å²) in [6.45, 7) is 0.299. The van der Waals surface area contributed by atoms with Crippen molar-refractivity contribution in [2.24, 2.45) is 0 Å². The Morgan fingerprint density at radius 3 is 2.93 bits per heavy atom. The lowest BCUT2D eigenvalue weighted by atomic mass is 10.2. The average molecular weight is 227 g/mol. The van der Waals surface area contributed by atoms with E-state index < -0.39 is 5.82 Å². The first-order chi connectivity index (χ1) is 7.16. The minimum absolute atomic E-state index is 0.0911. The number of nitrogen functional groups attached to an aromatic ring is 1. The van der Waals surface area contributed by atoms with Gasteiger partial charge in [-0.05, 0) is 11.6 Å². The average Bonchev–Trinajstić information content (AvgIpc) is 2.59. The molecule has 0 atom stereocenters. The van der Waals surface area contributed by atoms with Crippen LogP contribution in [0, 0.1) is 5.82 Å². The maximum Gasteiger partial charge on any atom is 0.165 e. The van der Waals surface area contributed by atoms with Gasteiger partial charge in [0.1, 0.15) is 5.82 Å². The van der Waals surface area contributed by atoms with E-state index >= 15 is 0 Å². The molecule has 0 aliphatic carbocycles. The quantitative estimate of drug-likeness (QED) is 0.848. The molecule has 4 nitrogen and oxygen atoms in total. The third kappa shape index (κ3) is 2.07. The van der Waals surface area contributed by atoms with E-state index in [9.17, 15) is 4.39 Å². The van der Waals surface area contributed by atoms with Gasteiger partial charge in [-0.1, -0.05) is 23.7 Å². The summed E-state index contributed by atoms with van der Waals surface area (Å²) in [5.74, 6) is -0.128. The molecule has 2 aromatic rings. The van der Waals surface area contributed by atoms with Crippen molar-refractivity contribution in [2.75, 3.05) is 5.73 Å². The molecule has 1 heterocycles. The number of benzene rings is 1. The highest BCUT2D eigenvalue weighted by Gasteiger charge is 2.07. The Labute approximate surface area is 90.5 Å². The molecule has 0 unspecified atom stereocenters. The van der Waals surface area contributed by atoms with Crippen LogP contribution in [0.15, 0.2) is 24.4 Å². The molecule has 0 saturated heterocycles. The number of aromatic nitrogens is 3. The number of anilines is 1. The van der Waals surface area contributed by atoms with Crippen molar-refractivity contribution >= 4 is 17.4 Å². The maximum atomic E-state index is 13.1. The van der Waals surface area contributed by atoms with Gasteiger partial charge < -0.3 is 5.73 Å². The lowest BCUT2D eigenvalue weighted by molar-refractivity contribution is 0.584. The van der Waals surface area contributed by atoms with E-state index in [0.717, 1.165) is 0 Å². The first-order valence-electron chi connectivity index (χ1n) is 4.25. The predicted molar refractivity (Wildman–Crippen MR) is 54.9 cm³/mol. The monoisotopic (exact) mass is 226 g/mol. The SMILES string of the molecule is Nc1cnn(Cc2cccc(F)c2Cl)n1. The van der Waals surface area contributed by atoms with Gasteiger partial charge in [-0.2, -0.15) is 9.90 Å². The van der Waals surface area contributed by atoms with Gasteiger partial charge >= 0.3 is 0 Å². The van der Waals surface area contributed by atoms with E-state index in [4.69, 9.17) is 17.3 Å². The zero-order valence-electron chi connectivity index (χ0n) is 7.69. The van der Waals surface area contributed by atoms with Gasteiger partial charge in [0, 0.05) is 0 Å². The van der Waals surface area contributed by atoms with Gasteiger partial charge in [-0.25, -0.2) is 4.39 Å². The fraction of sp³-hybridized carbons (Fsp3) is 0.111. The Bertz CT molecular complexity index is 483. The highest BCUT2D eigenvalue weighted by Crippen LogP contribution is 2.20. The molecule has 15 heavy (non-hydrogen) atoms. The van der Waals surface area contributed by atoms with Crippen LogP contribution in [0.25, 0.3) is 0 Å². The minimum Gasteiger partial charge on any atom is -0.381 e. The van der Waals surface area contributed by atoms with Gasteiger partial charge in [0.2, 0.25) is 0 Å². The van der Waals surface area contributed by atoms with Crippen LogP contribution in [-0.4, -0.2) is 15.0 Å². The fourth-order valence-electron chi connectivity index (χ4n) is 1.21. The summed E-state index contributed by atoms with van der Waals surface area (Å²) in [5, 5.41) is 7.85. The van der Waals surface area contributed by atoms with Crippen molar-refractivity contribution in [1.82, 2.24) is 15.0 Å². The number of nitrogens with two attached hydrogens (primary N) is 1. The molecule has 1 aromatic heterocycles. The first kappa shape index (κ1) is 9.92. The highest BCUT2D eigenvalue weighted by molar-refractivity contribution is 6.31. The summed E-state index contributed by atoms with van der Waals surface area (Å²) in [5.41, 5.74) is 6.02. The second kappa shape index (κ2) is 3.86. The lowest BCUT2D eigenvalue weighted by Crippen LogP contribution is -2.05. The van der Waals surface area contributed by atoms with Crippen LogP contribution in [0.2, 0.25) is 5.02 Å². The van der Waals surface area contributed by atoms with Crippen molar-refractivity contribution in [2.45, 2.75) is 6.54 Å². The van der Waals surface area contributed by atoms with E-state index in [1.54, 1.807) is 12.1 Å². The van der Waals surface area contributed by atoms with E-state index in [1.165, 1.54) is 17.1 Å². The number of halogens is 2. The molecule has 1 aromatic carbocycles. The Kier molecular flexibility index (Phi) is 2.55. The molecule has 0 aliphatic rings. The zero-order chi connectivity index (χ0) is 10.8. The molecule has 0 saturated carbocycles. The number of hydrogen-bond donors (Lipinski definition) is 1. The Morgan fingerprint density at radius 1 is 1.47 bits per heavy atom. The summed E-state index contributed by atoms with van der Waals surface area (Å²) >= 11 is 5.77. The lowest BCUT2D eigenvalue weighted by Gasteiger charge is -2.03. The van der Waals surface area contributed by atoms with Crippen molar-refractivity contribution in [3.8, 4) is 0 Å². The molecule has 0 bridgehead atoms. The van der Waals surface area contributed by atoms with Gasteiger partial charge in [0.15, 0.2) is 5.82 Å². The largest absolute Gasteiger partial charge is 0.381 e. The Hall–Kier alpha value is -1.62. The molecular weight excluding hydrogens is 219 g/mol. The molecule has 78 valence electrons. The highest BCUT2D eigenvalue weighted by atomic mass is 35.5. The number of nitrogens with zero attached hydrogens (tertiary/aromatic N) is 3. The van der Waals surface area contributed by atoms with Gasteiger partial charge in [-0.3, -0.25) is 0 Å². The standard InChI is InChI=1S/C9H8ClFN4/c10-9-6(2-1-3-7(9)11)5-15-13-4-8(12)14-15/h1-4H,5H2,(H2,12,14). The Balaban J connectivity index is 2.28. The van der Waals surface area contributed by atoms with Gasteiger partial charge in [0.25, 0.3) is 0 Å². The van der Waals surface area contributed by atoms with E-state index in [1.807, 2.05) is 0 Å².